The van der Waals surface area contributed by atoms with Crippen molar-refractivity contribution in [3.63, 3.8) is 0 Å². The number of hydrogen-bond acceptors (Lipinski definition) is 4. The van der Waals surface area contributed by atoms with Crippen LogP contribution in [0.3, 0.4) is 0 Å². The molecule has 0 spiro atoms. The van der Waals surface area contributed by atoms with E-state index in [1.54, 1.807) is 6.92 Å². The van der Waals surface area contributed by atoms with E-state index < -0.39 is 12.1 Å². The first-order chi connectivity index (χ1) is 4.68. The van der Waals surface area contributed by atoms with Gasteiger partial charge in [0.25, 0.3) is 0 Å². The van der Waals surface area contributed by atoms with Crippen molar-refractivity contribution in [3.8, 4) is 0 Å². The Morgan fingerprint density at radius 1 is 1.60 bits per heavy atom. The molecule has 0 saturated carbocycles. The van der Waals surface area contributed by atoms with Gasteiger partial charge in [0.05, 0.1) is 6.61 Å². The molecule has 1 unspecified atom stereocenters. The summed E-state index contributed by atoms with van der Waals surface area (Å²) >= 11 is 0. The van der Waals surface area contributed by atoms with E-state index in [2.05, 4.69) is 4.74 Å². The second-order valence-electron chi connectivity index (χ2n) is 1.43. The third-order valence-electron chi connectivity index (χ3n) is 0.628. The van der Waals surface area contributed by atoms with Crippen molar-refractivity contribution in [1.82, 2.24) is 0 Å². The number of esters is 1. The highest BCUT2D eigenvalue weighted by Crippen LogP contribution is 1.84. The molecule has 0 saturated heterocycles. The molecule has 0 aliphatic rings. The van der Waals surface area contributed by atoms with Crippen LogP contribution in [0.1, 0.15) is 13.8 Å². The van der Waals surface area contributed by atoms with Gasteiger partial charge in [-0.15, -0.1) is 0 Å². The van der Waals surface area contributed by atoms with Crippen molar-refractivity contribution in [2.45, 2.75) is 20.0 Å². The van der Waals surface area contributed by atoms with E-state index in [0.717, 1.165) is 7.11 Å². The first kappa shape index (κ1) is 12.1. The molecule has 0 rings (SSSR count). The van der Waals surface area contributed by atoms with Crippen LogP contribution in [0.5, 0.6) is 0 Å². The van der Waals surface area contributed by atoms with Crippen LogP contribution in [-0.2, 0) is 9.53 Å². The maximum Gasteiger partial charge on any atom is 0.334 e. The van der Waals surface area contributed by atoms with Gasteiger partial charge in [-0.25, -0.2) is 4.79 Å². The maximum atomic E-state index is 10.3. The summed E-state index contributed by atoms with van der Waals surface area (Å²) < 4.78 is 4.41. The normalized spacial score (nSPS) is 10.9. The molecule has 4 heteroatoms. The number of rotatable bonds is 2. The summed E-state index contributed by atoms with van der Waals surface area (Å²) in [6.07, 6.45) is -0.991. The zero-order valence-corrected chi connectivity index (χ0v) is 6.50. The molecular formula is C6H14O4. The number of carbonyl (C=O) groups is 1. The number of aliphatic hydroxyl groups is 2. The van der Waals surface area contributed by atoms with Crippen LogP contribution in [0.15, 0.2) is 0 Å². The smallest absolute Gasteiger partial charge is 0.334 e. The highest BCUT2D eigenvalue weighted by Gasteiger charge is 2.07. The van der Waals surface area contributed by atoms with Crippen LogP contribution in [-0.4, -0.2) is 36.0 Å². The fraction of sp³-hybridized carbons (Fsp3) is 0.833. The molecule has 0 radical (unpaired) electrons. The van der Waals surface area contributed by atoms with E-state index >= 15 is 0 Å². The summed E-state index contributed by atoms with van der Waals surface area (Å²) in [5, 5.41) is 15.5. The van der Waals surface area contributed by atoms with Gasteiger partial charge in [-0.3, -0.25) is 0 Å². The summed E-state index contributed by atoms with van der Waals surface area (Å²) in [7, 11) is 1.00. The molecule has 2 N–H and O–H groups in total. The van der Waals surface area contributed by atoms with Crippen LogP contribution in [0, 0.1) is 0 Å². The standard InChI is InChI=1S/C5H10O3.CH4O/c1-3-8-5(7)4(2)6;1-2/h4,6H,3H2,1-2H3;2H,1H3. The average Bonchev–Trinajstić information content (AvgIpc) is 1.93. The Kier molecular flexibility index (Phi) is 10.2. The summed E-state index contributed by atoms with van der Waals surface area (Å²) in [5.74, 6) is -0.562. The van der Waals surface area contributed by atoms with E-state index in [1.807, 2.05) is 0 Å². The Labute approximate surface area is 60.4 Å². The number of ether oxygens (including phenoxy) is 1. The minimum atomic E-state index is -0.991. The van der Waals surface area contributed by atoms with E-state index in [9.17, 15) is 4.79 Å². The highest BCUT2D eigenvalue weighted by molar-refractivity contribution is 5.73. The lowest BCUT2D eigenvalue weighted by atomic mass is 10.4. The fourth-order valence-corrected chi connectivity index (χ4v) is 0.263. The third-order valence-corrected chi connectivity index (χ3v) is 0.628. The molecule has 0 aromatic heterocycles. The van der Waals surface area contributed by atoms with Crippen molar-refractivity contribution in [2.24, 2.45) is 0 Å². The van der Waals surface area contributed by atoms with Crippen molar-refractivity contribution in [1.29, 1.82) is 0 Å². The minimum Gasteiger partial charge on any atom is -0.464 e. The molecule has 4 nitrogen and oxygen atoms in total. The topological polar surface area (TPSA) is 66.8 Å². The van der Waals surface area contributed by atoms with Crippen molar-refractivity contribution >= 4 is 5.97 Å². The van der Waals surface area contributed by atoms with Crippen molar-refractivity contribution in [3.05, 3.63) is 0 Å². The molecular weight excluding hydrogens is 136 g/mol. The first-order valence-electron chi connectivity index (χ1n) is 2.98. The van der Waals surface area contributed by atoms with Gasteiger partial charge in [0, 0.05) is 7.11 Å². The predicted molar refractivity (Wildman–Crippen MR) is 36.5 cm³/mol. The summed E-state index contributed by atoms with van der Waals surface area (Å²) in [4.78, 5) is 10.3. The van der Waals surface area contributed by atoms with Crippen molar-refractivity contribution < 1.29 is 19.7 Å². The lowest BCUT2D eigenvalue weighted by Crippen LogP contribution is -2.18. The van der Waals surface area contributed by atoms with Crippen LogP contribution in [0.2, 0.25) is 0 Å². The van der Waals surface area contributed by atoms with E-state index in [-0.39, 0.29) is 0 Å². The SMILES string of the molecule is CCOC(=O)C(C)O.CO. The molecule has 0 aliphatic heterocycles. The lowest BCUT2D eigenvalue weighted by Gasteiger charge is -2.01. The molecule has 62 valence electrons. The minimum absolute atomic E-state index is 0.323. The van der Waals surface area contributed by atoms with Gasteiger partial charge in [0.2, 0.25) is 0 Å². The largest absolute Gasteiger partial charge is 0.464 e. The predicted octanol–water partition coefficient (Wildman–Crippen LogP) is -0.461. The molecule has 0 fully saturated rings. The van der Waals surface area contributed by atoms with E-state index in [1.165, 1.54) is 6.92 Å². The summed E-state index contributed by atoms with van der Waals surface area (Å²) in [5.41, 5.74) is 0. The van der Waals surface area contributed by atoms with Gasteiger partial charge in [0.15, 0.2) is 0 Å². The van der Waals surface area contributed by atoms with E-state index in [4.69, 9.17) is 10.2 Å². The Hall–Kier alpha value is -0.610. The number of hydrogen-bond donors (Lipinski definition) is 2. The van der Waals surface area contributed by atoms with Crippen LogP contribution < -0.4 is 0 Å². The third kappa shape index (κ3) is 7.39. The Morgan fingerprint density at radius 2 is 2.00 bits per heavy atom. The van der Waals surface area contributed by atoms with Crippen molar-refractivity contribution in [2.75, 3.05) is 13.7 Å². The zero-order valence-electron chi connectivity index (χ0n) is 6.50. The molecule has 0 bridgehead atoms. The highest BCUT2D eigenvalue weighted by atomic mass is 16.5. The van der Waals surface area contributed by atoms with Gasteiger partial charge in [0.1, 0.15) is 6.10 Å². The van der Waals surface area contributed by atoms with Crippen LogP contribution in [0.4, 0.5) is 0 Å². The monoisotopic (exact) mass is 150 g/mol. The Morgan fingerprint density at radius 3 is 2.10 bits per heavy atom. The van der Waals surface area contributed by atoms with Gasteiger partial charge < -0.3 is 14.9 Å². The first-order valence-corrected chi connectivity index (χ1v) is 2.98. The Bertz CT molecular complexity index is 79.8. The zero-order chi connectivity index (χ0) is 8.57. The van der Waals surface area contributed by atoms with Gasteiger partial charge in [-0.2, -0.15) is 0 Å². The molecule has 0 aliphatic carbocycles. The molecule has 0 aromatic rings. The second-order valence-corrected chi connectivity index (χ2v) is 1.43. The Balaban J connectivity index is 0. The average molecular weight is 150 g/mol. The molecule has 10 heavy (non-hydrogen) atoms. The van der Waals surface area contributed by atoms with Gasteiger partial charge in [-0.05, 0) is 13.8 Å². The molecule has 0 amide bonds. The number of carbonyl (C=O) groups excluding carboxylic acids is 1. The summed E-state index contributed by atoms with van der Waals surface area (Å²) in [6, 6.07) is 0. The maximum absolute atomic E-state index is 10.3. The van der Waals surface area contributed by atoms with Crippen LogP contribution in [0.25, 0.3) is 0 Å². The molecule has 0 heterocycles. The van der Waals surface area contributed by atoms with Crippen LogP contribution >= 0.6 is 0 Å². The molecule has 1 atom stereocenters. The summed E-state index contributed by atoms with van der Waals surface area (Å²) in [6.45, 7) is 3.39. The second kappa shape index (κ2) is 8.39. The molecule has 0 aromatic carbocycles. The van der Waals surface area contributed by atoms with Gasteiger partial charge >= 0.3 is 5.97 Å². The van der Waals surface area contributed by atoms with Gasteiger partial charge in [-0.1, -0.05) is 0 Å². The fourth-order valence-electron chi connectivity index (χ4n) is 0.263. The quantitative estimate of drug-likeness (QED) is 0.523. The lowest BCUT2D eigenvalue weighted by molar-refractivity contribution is -0.151. The van der Waals surface area contributed by atoms with E-state index in [0.29, 0.717) is 6.61 Å². The number of aliphatic hydroxyl groups excluding tert-OH is 2.